The van der Waals surface area contributed by atoms with E-state index in [4.69, 9.17) is 0 Å². The quantitative estimate of drug-likeness (QED) is 0.516. The zero-order valence-electron chi connectivity index (χ0n) is 16.5. The summed E-state index contributed by atoms with van der Waals surface area (Å²) in [5.74, 6) is 2.05. The zero-order chi connectivity index (χ0) is 18.4. The minimum atomic E-state index is 0.293. The lowest BCUT2D eigenvalue weighted by Gasteiger charge is -2.60. The van der Waals surface area contributed by atoms with E-state index in [9.17, 15) is 4.79 Å². The van der Waals surface area contributed by atoms with E-state index in [-0.39, 0.29) is 0 Å². The molecule has 0 aromatic carbocycles. The molecule has 1 amide bonds. The summed E-state index contributed by atoms with van der Waals surface area (Å²) in [4.78, 5) is 15.4. The van der Waals surface area contributed by atoms with Crippen LogP contribution in [0.3, 0.4) is 0 Å². The monoisotopic (exact) mass is 422 g/mol. The van der Waals surface area contributed by atoms with Gasteiger partial charge in [-0.05, 0) is 82.5 Å². The number of rotatable bonds is 5. The third kappa shape index (κ3) is 4.22. The van der Waals surface area contributed by atoms with Gasteiger partial charge in [-0.15, -0.1) is 0 Å². The summed E-state index contributed by atoms with van der Waals surface area (Å²) >= 11 is 4.07. The molecular formula is C22H35BrN2O. The summed E-state index contributed by atoms with van der Waals surface area (Å²) in [6.07, 6.45) is 13.2. The van der Waals surface area contributed by atoms with Gasteiger partial charge in [0.05, 0.1) is 0 Å². The molecule has 5 rings (SSSR count). The number of alkyl halides is 1. The van der Waals surface area contributed by atoms with Crippen molar-refractivity contribution in [1.82, 2.24) is 10.2 Å². The second-order valence-corrected chi connectivity index (χ2v) is 11.9. The first kappa shape index (κ1) is 19.0. The maximum Gasteiger partial charge on any atom is 0.220 e. The van der Waals surface area contributed by atoms with E-state index < -0.39 is 0 Å². The SMILES string of the molecule is CC(C)=CCN1CCC(NC(=O)CC23CC4CC(CC(Br)(C4)C2)C3)CC1. The Balaban J connectivity index is 1.27. The van der Waals surface area contributed by atoms with Gasteiger partial charge >= 0.3 is 0 Å². The highest BCUT2D eigenvalue weighted by Crippen LogP contribution is 2.65. The van der Waals surface area contributed by atoms with Crippen molar-refractivity contribution in [2.75, 3.05) is 19.6 Å². The first-order valence-corrected chi connectivity index (χ1v) is 11.5. The fourth-order valence-electron chi connectivity index (χ4n) is 6.73. The number of amides is 1. The lowest BCUT2D eigenvalue weighted by Crippen LogP contribution is -2.54. The van der Waals surface area contributed by atoms with Crippen LogP contribution in [-0.2, 0) is 4.79 Å². The van der Waals surface area contributed by atoms with Gasteiger partial charge in [-0.2, -0.15) is 0 Å². The molecule has 1 N–H and O–H groups in total. The molecule has 0 spiro atoms. The zero-order valence-corrected chi connectivity index (χ0v) is 18.1. The first-order valence-electron chi connectivity index (χ1n) is 10.7. The van der Waals surface area contributed by atoms with Crippen molar-refractivity contribution < 1.29 is 4.79 Å². The molecule has 0 radical (unpaired) electrons. The Morgan fingerprint density at radius 3 is 2.38 bits per heavy atom. The van der Waals surface area contributed by atoms with Crippen molar-refractivity contribution in [1.29, 1.82) is 0 Å². The molecule has 5 aliphatic rings. The van der Waals surface area contributed by atoms with Gasteiger partial charge in [0.15, 0.2) is 0 Å². The molecule has 1 heterocycles. The van der Waals surface area contributed by atoms with Gasteiger partial charge in [0.1, 0.15) is 0 Å². The van der Waals surface area contributed by atoms with Gasteiger partial charge in [-0.3, -0.25) is 9.69 Å². The van der Waals surface area contributed by atoms with Crippen LogP contribution < -0.4 is 5.32 Å². The number of nitrogens with one attached hydrogen (secondary N) is 1. The normalized spacial score (nSPS) is 39.8. The van der Waals surface area contributed by atoms with Gasteiger partial charge in [-0.25, -0.2) is 0 Å². The summed E-state index contributed by atoms with van der Waals surface area (Å²) in [5, 5.41) is 3.40. The number of allylic oxidation sites excluding steroid dienone is 1. The molecule has 4 aliphatic carbocycles. The van der Waals surface area contributed by atoms with Crippen LogP contribution in [0.2, 0.25) is 0 Å². The molecule has 4 saturated carbocycles. The van der Waals surface area contributed by atoms with Crippen LogP contribution >= 0.6 is 15.9 Å². The Kier molecular flexibility index (Phi) is 5.28. The van der Waals surface area contributed by atoms with E-state index in [1.807, 2.05) is 0 Å². The van der Waals surface area contributed by atoms with Crippen molar-refractivity contribution >= 4 is 21.8 Å². The number of hydrogen-bond donors (Lipinski definition) is 1. The molecule has 2 unspecified atom stereocenters. The number of halogens is 1. The number of piperidine rings is 1. The smallest absolute Gasteiger partial charge is 0.220 e. The number of likely N-dealkylation sites (tertiary alicyclic amines) is 1. The molecular weight excluding hydrogens is 388 g/mol. The summed E-state index contributed by atoms with van der Waals surface area (Å²) in [7, 11) is 0. The van der Waals surface area contributed by atoms with E-state index in [1.165, 1.54) is 44.1 Å². The van der Waals surface area contributed by atoms with Gasteiger partial charge in [-0.1, -0.05) is 27.6 Å². The predicted octanol–water partition coefficient (Wildman–Crippen LogP) is 4.66. The molecule has 4 bridgehead atoms. The number of carbonyl (C=O) groups excluding carboxylic acids is 1. The van der Waals surface area contributed by atoms with Crippen molar-refractivity contribution in [3.8, 4) is 0 Å². The maximum atomic E-state index is 12.8. The molecule has 26 heavy (non-hydrogen) atoms. The largest absolute Gasteiger partial charge is 0.353 e. The average molecular weight is 423 g/mol. The molecule has 3 nitrogen and oxygen atoms in total. The summed E-state index contributed by atoms with van der Waals surface area (Å²) < 4.78 is 0.355. The van der Waals surface area contributed by atoms with Crippen LogP contribution in [0, 0.1) is 17.3 Å². The fourth-order valence-corrected chi connectivity index (χ4v) is 8.24. The summed E-state index contributed by atoms with van der Waals surface area (Å²) in [6, 6.07) is 0.386. The van der Waals surface area contributed by atoms with E-state index >= 15 is 0 Å². The van der Waals surface area contributed by atoms with Gasteiger partial charge in [0.25, 0.3) is 0 Å². The summed E-state index contributed by atoms with van der Waals surface area (Å²) in [6.45, 7) is 7.59. The minimum Gasteiger partial charge on any atom is -0.353 e. The molecule has 5 fully saturated rings. The minimum absolute atomic E-state index is 0.293. The van der Waals surface area contributed by atoms with E-state index in [1.54, 1.807) is 0 Å². The van der Waals surface area contributed by atoms with Crippen molar-refractivity contribution in [3.05, 3.63) is 11.6 Å². The van der Waals surface area contributed by atoms with E-state index in [0.29, 0.717) is 21.7 Å². The van der Waals surface area contributed by atoms with Crippen LogP contribution in [0.5, 0.6) is 0 Å². The van der Waals surface area contributed by atoms with Gasteiger partial charge < -0.3 is 5.32 Å². The fraction of sp³-hybridized carbons (Fsp3) is 0.864. The van der Waals surface area contributed by atoms with E-state index in [2.05, 4.69) is 46.1 Å². The highest BCUT2D eigenvalue weighted by Gasteiger charge is 2.57. The third-order valence-electron chi connectivity index (χ3n) is 7.36. The Labute approximate surface area is 167 Å². The van der Waals surface area contributed by atoms with Crippen LogP contribution in [0.15, 0.2) is 11.6 Å². The topological polar surface area (TPSA) is 32.3 Å². The molecule has 4 heteroatoms. The average Bonchev–Trinajstić information content (AvgIpc) is 2.51. The van der Waals surface area contributed by atoms with Gasteiger partial charge in [0, 0.05) is 36.4 Å². The maximum absolute atomic E-state index is 12.8. The van der Waals surface area contributed by atoms with Crippen LogP contribution in [-0.4, -0.2) is 40.8 Å². The van der Waals surface area contributed by atoms with Crippen LogP contribution in [0.4, 0.5) is 0 Å². The van der Waals surface area contributed by atoms with Crippen molar-refractivity contribution in [2.24, 2.45) is 17.3 Å². The number of nitrogens with zero attached hydrogens (tertiary/aromatic N) is 1. The van der Waals surface area contributed by atoms with E-state index in [0.717, 1.165) is 50.7 Å². The lowest BCUT2D eigenvalue weighted by molar-refractivity contribution is -0.129. The Morgan fingerprint density at radius 2 is 1.81 bits per heavy atom. The van der Waals surface area contributed by atoms with Gasteiger partial charge in [0.2, 0.25) is 5.91 Å². The standard InChI is InChI=1S/C22H35BrN2O/c1-16(2)3-6-25-7-4-19(5-8-25)24-20(26)14-21-10-17-9-18(11-21)13-22(23,12-17)15-21/h3,17-19H,4-15H2,1-2H3,(H,24,26). The second-order valence-electron chi connectivity index (χ2n) is 10.2. The predicted molar refractivity (Wildman–Crippen MR) is 110 cm³/mol. The van der Waals surface area contributed by atoms with Crippen molar-refractivity contribution in [3.63, 3.8) is 0 Å². The molecule has 0 aromatic rings. The summed E-state index contributed by atoms with van der Waals surface area (Å²) in [5.41, 5.74) is 1.68. The molecule has 1 aliphatic heterocycles. The molecule has 146 valence electrons. The third-order valence-corrected chi connectivity index (χ3v) is 8.28. The highest BCUT2D eigenvalue weighted by molar-refractivity contribution is 9.10. The second kappa shape index (κ2) is 7.24. The lowest BCUT2D eigenvalue weighted by atomic mass is 9.48. The highest BCUT2D eigenvalue weighted by atomic mass is 79.9. The molecule has 0 aromatic heterocycles. The Morgan fingerprint density at radius 1 is 1.15 bits per heavy atom. The number of carbonyl (C=O) groups is 1. The first-order chi connectivity index (χ1) is 12.3. The molecule has 1 saturated heterocycles. The molecule has 2 atom stereocenters. The van der Waals surface area contributed by atoms with Crippen molar-refractivity contribution in [2.45, 2.75) is 82.0 Å². The Bertz CT molecular complexity index is 561. The van der Waals surface area contributed by atoms with Crippen LogP contribution in [0.1, 0.15) is 71.6 Å². The number of hydrogen-bond acceptors (Lipinski definition) is 2. The van der Waals surface area contributed by atoms with Crippen LogP contribution in [0.25, 0.3) is 0 Å². The Hall–Kier alpha value is -0.350.